The van der Waals surface area contributed by atoms with Gasteiger partial charge in [-0.25, -0.2) is 13.8 Å². The first kappa shape index (κ1) is 10.7. The van der Waals surface area contributed by atoms with Crippen molar-refractivity contribution in [3.05, 3.63) is 53.6 Å². The monoisotopic (exact) mass is 223 g/mol. The van der Waals surface area contributed by atoms with Crippen LogP contribution in [0.15, 0.2) is 30.5 Å². The van der Waals surface area contributed by atoms with Crippen molar-refractivity contribution in [2.45, 2.75) is 6.92 Å². The fourth-order valence-corrected chi connectivity index (χ4v) is 1.43. The molecule has 1 aromatic carbocycles. The van der Waals surface area contributed by atoms with Crippen LogP contribution in [0, 0.1) is 24.5 Å². The van der Waals surface area contributed by atoms with Crippen LogP contribution in [0.2, 0.25) is 0 Å². The second kappa shape index (κ2) is 3.96. The van der Waals surface area contributed by atoms with Gasteiger partial charge in [-0.15, -0.1) is 0 Å². The highest BCUT2D eigenvalue weighted by atomic mass is 19.2. The SMILES string of the molecule is Cc1cc(-c2cccc(F)c2F)cnc1F. The van der Waals surface area contributed by atoms with Crippen LogP contribution in [0.5, 0.6) is 0 Å². The van der Waals surface area contributed by atoms with Crippen LogP contribution in [0.4, 0.5) is 13.2 Å². The van der Waals surface area contributed by atoms with Gasteiger partial charge in [0.25, 0.3) is 0 Å². The number of hydrogen-bond acceptors (Lipinski definition) is 1. The summed E-state index contributed by atoms with van der Waals surface area (Å²) in [5.74, 6) is -2.49. The molecule has 0 atom stereocenters. The molecule has 0 spiro atoms. The summed E-state index contributed by atoms with van der Waals surface area (Å²) in [5, 5.41) is 0. The molecule has 1 aromatic heterocycles. The standard InChI is InChI=1S/C12H8F3N/c1-7-5-8(6-16-12(7)15)9-3-2-4-10(13)11(9)14/h2-6H,1H3. The lowest BCUT2D eigenvalue weighted by Gasteiger charge is -2.04. The van der Waals surface area contributed by atoms with Crippen LogP contribution >= 0.6 is 0 Å². The van der Waals surface area contributed by atoms with Gasteiger partial charge in [0.1, 0.15) is 0 Å². The quantitative estimate of drug-likeness (QED) is 0.674. The summed E-state index contributed by atoms with van der Waals surface area (Å²) in [6, 6.07) is 5.28. The van der Waals surface area contributed by atoms with Gasteiger partial charge in [-0.1, -0.05) is 12.1 Å². The highest BCUT2D eigenvalue weighted by Crippen LogP contribution is 2.24. The Bertz CT molecular complexity index is 538. The normalized spacial score (nSPS) is 10.5. The molecule has 2 aromatic rings. The number of halogens is 3. The first-order chi connectivity index (χ1) is 7.59. The van der Waals surface area contributed by atoms with Crippen LogP contribution in [-0.2, 0) is 0 Å². The molecule has 0 saturated heterocycles. The van der Waals surface area contributed by atoms with Crippen molar-refractivity contribution in [1.29, 1.82) is 0 Å². The summed E-state index contributed by atoms with van der Waals surface area (Å²) in [5.41, 5.74) is 0.729. The molecule has 1 heterocycles. The summed E-state index contributed by atoms with van der Waals surface area (Å²) >= 11 is 0. The predicted octanol–water partition coefficient (Wildman–Crippen LogP) is 3.47. The van der Waals surface area contributed by atoms with E-state index in [1.165, 1.54) is 31.3 Å². The Morgan fingerprint density at radius 1 is 1.12 bits per heavy atom. The van der Waals surface area contributed by atoms with Crippen LogP contribution < -0.4 is 0 Å². The summed E-state index contributed by atoms with van der Waals surface area (Å²) in [4.78, 5) is 3.47. The molecule has 2 rings (SSSR count). The maximum Gasteiger partial charge on any atom is 0.215 e. The third kappa shape index (κ3) is 1.78. The zero-order chi connectivity index (χ0) is 11.7. The minimum Gasteiger partial charge on any atom is -0.227 e. The molecule has 0 saturated carbocycles. The molecule has 0 bridgehead atoms. The largest absolute Gasteiger partial charge is 0.227 e. The fraction of sp³-hybridized carbons (Fsp3) is 0.0833. The van der Waals surface area contributed by atoms with Gasteiger partial charge < -0.3 is 0 Å². The van der Waals surface area contributed by atoms with Crippen LogP contribution in [0.3, 0.4) is 0 Å². The van der Waals surface area contributed by atoms with Gasteiger partial charge >= 0.3 is 0 Å². The lowest BCUT2D eigenvalue weighted by molar-refractivity contribution is 0.511. The molecule has 0 fully saturated rings. The molecule has 16 heavy (non-hydrogen) atoms. The zero-order valence-corrected chi connectivity index (χ0v) is 8.47. The van der Waals surface area contributed by atoms with Crippen molar-refractivity contribution in [2.24, 2.45) is 0 Å². The average molecular weight is 223 g/mol. The van der Waals surface area contributed by atoms with Gasteiger partial charge in [0.2, 0.25) is 5.95 Å². The van der Waals surface area contributed by atoms with E-state index in [0.29, 0.717) is 11.1 Å². The Hall–Kier alpha value is -1.84. The first-order valence-corrected chi connectivity index (χ1v) is 4.66. The topological polar surface area (TPSA) is 12.9 Å². The van der Waals surface area contributed by atoms with E-state index in [1.54, 1.807) is 0 Å². The number of aromatic nitrogens is 1. The van der Waals surface area contributed by atoms with Crippen molar-refractivity contribution in [1.82, 2.24) is 4.98 Å². The number of rotatable bonds is 1. The smallest absolute Gasteiger partial charge is 0.215 e. The molecule has 0 aliphatic heterocycles. The van der Waals surface area contributed by atoms with Crippen LogP contribution in [-0.4, -0.2) is 4.98 Å². The lowest BCUT2D eigenvalue weighted by Crippen LogP contribution is -1.93. The average Bonchev–Trinajstić information content (AvgIpc) is 2.26. The number of nitrogens with zero attached hydrogens (tertiary/aromatic N) is 1. The lowest BCUT2D eigenvalue weighted by atomic mass is 10.1. The van der Waals surface area contributed by atoms with E-state index in [1.807, 2.05) is 0 Å². The molecule has 4 heteroatoms. The van der Waals surface area contributed by atoms with E-state index in [-0.39, 0.29) is 5.56 Å². The summed E-state index contributed by atoms with van der Waals surface area (Å²) < 4.78 is 39.3. The predicted molar refractivity (Wildman–Crippen MR) is 54.3 cm³/mol. The van der Waals surface area contributed by atoms with E-state index in [4.69, 9.17) is 0 Å². The van der Waals surface area contributed by atoms with Gasteiger partial charge in [-0.2, -0.15) is 4.39 Å². The number of hydrogen-bond donors (Lipinski definition) is 0. The molecule has 0 aliphatic carbocycles. The molecule has 0 N–H and O–H groups in total. The van der Waals surface area contributed by atoms with E-state index in [0.717, 1.165) is 6.07 Å². The van der Waals surface area contributed by atoms with Crippen molar-refractivity contribution >= 4 is 0 Å². The maximum absolute atomic E-state index is 13.4. The summed E-state index contributed by atoms with van der Waals surface area (Å²) in [6.07, 6.45) is 1.18. The van der Waals surface area contributed by atoms with Crippen molar-refractivity contribution < 1.29 is 13.2 Å². The third-order valence-corrected chi connectivity index (χ3v) is 2.28. The molecule has 0 amide bonds. The molecule has 0 aliphatic rings. The number of benzene rings is 1. The van der Waals surface area contributed by atoms with Gasteiger partial charge in [0.15, 0.2) is 11.6 Å². The number of aryl methyl sites for hydroxylation is 1. The Kier molecular flexibility index (Phi) is 2.64. The van der Waals surface area contributed by atoms with Gasteiger partial charge in [-0.3, -0.25) is 0 Å². The molecular weight excluding hydrogens is 215 g/mol. The van der Waals surface area contributed by atoms with Crippen LogP contribution in [0.25, 0.3) is 11.1 Å². The molecule has 0 unspecified atom stereocenters. The van der Waals surface area contributed by atoms with E-state index in [9.17, 15) is 13.2 Å². The molecule has 82 valence electrons. The fourth-order valence-electron chi connectivity index (χ4n) is 1.43. The first-order valence-electron chi connectivity index (χ1n) is 4.66. The summed E-state index contributed by atoms with van der Waals surface area (Å²) in [6.45, 7) is 1.52. The Labute approximate surface area is 90.6 Å². The minimum absolute atomic E-state index is 0.0793. The van der Waals surface area contributed by atoms with Gasteiger partial charge in [-0.05, 0) is 19.1 Å². The van der Waals surface area contributed by atoms with Crippen molar-refractivity contribution in [2.75, 3.05) is 0 Å². The van der Waals surface area contributed by atoms with Crippen molar-refractivity contribution in [3.8, 4) is 11.1 Å². The molecule has 1 nitrogen and oxygen atoms in total. The third-order valence-electron chi connectivity index (χ3n) is 2.28. The second-order valence-electron chi connectivity index (χ2n) is 3.43. The Morgan fingerprint density at radius 2 is 1.88 bits per heavy atom. The Balaban J connectivity index is 2.59. The second-order valence-corrected chi connectivity index (χ2v) is 3.43. The van der Waals surface area contributed by atoms with E-state index >= 15 is 0 Å². The van der Waals surface area contributed by atoms with Crippen molar-refractivity contribution in [3.63, 3.8) is 0 Å². The van der Waals surface area contributed by atoms with E-state index < -0.39 is 17.6 Å². The van der Waals surface area contributed by atoms with E-state index in [2.05, 4.69) is 4.98 Å². The summed E-state index contributed by atoms with van der Waals surface area (Å²) in [7, 11) is 0. The van der Waals surface area contributed by atoms with Gasteiger partial charge in [0.05, 0.1) is 0 Å². The molecular formula is C12H8F3N. The maximum atomic E-state index is 13.4. The number of pyridine rings is 1. The van der Waals surface area contributed by atoms with Gasteiger partial charge in [0, 0.05) is 22.9 Å². The minimum atomic E-state index is -0.949. The zero-order valence-electron chi connectivity index (χ0n) is 8.47. The van der Waals surface area contributed by atoms with Crippen LogP contribution in [0.1, 0.15) is 5.56 Å². The highest BCUT2D eigenvalue weighted by molar-refractivity contribution is 5.63. The highest BCUT2D eigenvalue weighted by Gasteiger charge is 2.11. The Morgan fingerprint density at radius 3 is 2.56 bits per heavy atom. The molecule has 0 radical (unpaired) electrons.